The normalized spacial score (nSPS) is 17.6. The Bertz CT molecular complexity index is 358. The Morgan fingerprint density at radius 2 is 2.19 bits per heavy atom. The molecule has 2 heterocycles. The first kappa shape index (κ1) is 12.3. The zero-order chi connectivity index (χ0) is 11.4. The van der Waals surface area contributed by atoms with Gasteiger partial charge in [-0.2, -0.15) is 0 Å². The minimum absolute atomic E-state index is 0.300. The number of piperidine rings is 1. The molecule has 4 heteroatoms. The zero-order valence-electron chi connectivity index (χ0n) is 9.17. The van der Waals surface area contributed by atoms with Crippen molar-refractivity contribution in [3.05, 3.63) is 20.8 Å². The Labute approximate surface area is 109 Å². The zero-order valence-corrected chi connectivity index (χ0v) is 11.6. The van der Waals surface area contributed by atoms with E-state index in [1.807, 2.05) is 12.1 Å². The van der Waals surface area contributed by atoms with E-state index in [4.69, 9.17) is 0 Å². The fourth-order valence-corrected chi connectivity index (χ4v) is 3.45. The molecule has 1 N–H and O–H groups in total. The molecule has 0 aromatic carbocycles. The predicted molar refractivity (Wildman–Crippen MR) is 71.2 cm³/mol. The molecule has 1 aliphatic rings. The van der Waals surface area contributed by atoms with Crippen molar-refractivity contribution in [3.63, 3.8) is 0 Å². The molecular weight excluding hydrogens is 286 g/mol. The van der Waals surface area contributed by atoms with Gasteiger partial charge in [0.15, 0.2) is 5.78 Å². The summed E-state index contributed by atoms with van der Waals surface area (Å²) in [5.41, 5.74) is 0. The average Bonchev–Trinajstić information content (AvgIpc) is 2.74. The van der Waals surface area contributed by atoms with Crippen LogP contribution in [0.3, 0.4) is 0 Å². The van der Waals surface area contributed by atoms with E-state index < -0.39 is 0 Å². The van der Waals surface area contributed by atoms with Crippen molar-refractivity contribution in [1.82, 2.24) is 5.32 Å². The molecule has 2 rings (SSSR count). The molecule has 1 aromatic rings. The van der Waals surface area contributed by atoms with Crippen LogP contribution in [0.15, 0.2) is 15.9 Å². The minimum atomic E-state index is 0.300. The number of thiophene rings is 1. The molecule has 0 amide bonds. The summed E-state index contributed by atoms with van der Waals surface area (Å²) in [5.74, 6) is 1.04. The van der Waals surface area contributed by atoms with Crippen LogP contribution in [0.5, 0.6) is 0 Å². The van der Waals surface area contributed by atoms with Crippen molar-refractivity contribution in [2.45, 2.75) is 25.7 Å². The molecule has 1 aromatic heterocycles. The van der Waals surface area contributed by atoms with Gasteiger partial charge in [0.25, 0.3) is 0 Å². The Balaban J connectivity index is 1.79. The van der Waals surface area contributed by atoms with Crippen molar-refractivity contribution >= 4 is 33.0 Å². The van der Waals surface area contributed by atoms with Crippen LogP contribution in [0.1, 0.15) is 35.4 Å². The van der Waals surface area contributed by atoms with Gasteiger partial charge < -0.3 is 5.32 Å². The van der Waals surface area contributed by atoms with Crippen LogP contribution in [-0.4, -0.2) is 18.9 Å². The molecule has 2 nitrogen and oxygen atoms in total. The topological polar surface area (TPSA) is 29.1 Å². The highest BCUT2D eigenvalue weighted by Crippen LogP contribution is 2.25. The first-order chi connectivity index (χ1) is 7.75. The maximum atomic E-state index is 11.9. The lowest BCUT2D eigenvalue weighted by atomic mass is 9.92. The van der Waals surface area contributed by atoms with Gasteiger partial charge in [0.05, 0.1) is 8.66 Å². The SMILES string of the molecule is O=C(CCC1CCNCC1)c1ccc(Br)s1. The quantitative estimate of drug-likeness (QED) is 0.863. The maximum absolute atomic E-state index is 11.9. The molecule has 0 spiro atoms. The van der Waals surface area contributed by atoms with E-state index in [0.29, 0.717) is 12.2 Å². The fraction of sp³-hybridized carbons (Fsp3) is 0.583. The lowest BCUT2D eigenvalue weighted by Crippen LogP contribution is -2.27. The van der Waals surface area contributed by atoms with Gasteiger partial charge in [0, 0.05) is 6.42 Å². The average molecular weight is 302 g/mol. The molecule has 16 heavy (non-hydrogen) atoms. The van der Waals surface area contributed by atoms with Crippen LogP contribution in [0.2, 0.25) is 0 Å². The van der Waals surface area contributed by atoms with Crippen molar-refractivity contribution < 1.29 is 4.79 Å². The first-order valence-electron chi connectivity index (χ1n) is 5.75. The van der Waals surface area contributed by atoms with E-state index in [1.165, 1.54) is 24.2 Å². The number of rotatable bonds is 4. The monoisotopic (exact) mass is 301 g/mol. The number of hydrogen-bond donors (Lipinski definition) is 1. The number of Topliss-reactive ketones (excluding diaryl/α,β-unsaturated/α-hetero) is 1. The molecule has 1 saturated heterocycles. The summed E-state index contributed by atoms with van der Waals surface area (Å²) in [6.45, 7) is 2.23. The van der Waals surface area contributed by atoms with Crippen molar-refractivity contribution in [2.24, 2.45) is 5.92 Å². The summed E-state index contributed by atoms with van der Waals surface area (Å²) in [5, 5.41) is 3.35. The lowest BCUT2D eigenvalue weighted by molar-refractivity contribution is 0.0974. The Hall–Kier alpha value is -0.190. The van der Waals surface area contributed by atoms with Gasteiger partial charge in [-0.15, -0.1) is 11.3 Å². The van der Waals surface area contributed by atoms with E-state index in [-0.39, 0.29) is 0 Å². The molecule has 0 aliphatic carbocycles. The first-order valence-corrected chi connectivity index (χ1v) is 7.36. The fourth-order valence-electron chi connectivity index (χ4n) is 2.09. The van der Waals surface area contributed by atoms with E-state index in [9.17, 15) is 4.79 Å². The van der Waals surface area contributed by atoms with E-state index in [1.54, 1.807) is 0 Å². The van der Waals surface area contributed by atoms with Crippen LogP contribution in [0, 0.1) is 5.92 Å². The summed E-state index contributed by atoms with van der Waals surface area (Å²) >= 11 is 4.92. The Kier molecular flexibility index (Phi) is 4.55. The van der Waals surface area contributed by atoms with Crippen LogP contribution < -0.4 is 5.32 Å². The number of nitrogens with one attached hydrogen (secondary N) is 1. The summed E-state index contributed by atoms with van der Waals surface area (Å²) in [4.78, 5) is 12.8. The van der Waals surface area contributed by atoms with Gasteiger partial charge in [-0.25, -0.2) is 0 Å². The standard InChI is InChI=1S/C12H16BrNOS/c13-12-4-3-11(16-12)10(15)2-1-9-5-7-14-8-6-9/h3-4,9,14H,1-2,5-8H2. The molecule has 1 aliphatic heterocycles. The van der Waals surface area contributed by atoms with Gasteiger partial charge in [0.1, 0.15) is 0 Å². The van der Waals surface area contributed by atoms with Gasteiger partial charge in [-0.05, 0) is 66.3 Å². The van der Waals surface area contributed by atoms with Crippen LogP contribution in [0.25, 0.3) is 0 Å². The van der Waals surface area contributed by atoms with Gasteiger partial charge in [0.2, 0.25) is 0 Å². The maximum Gasteiger partial charge on any atom is 0.172 e. The summed E-state index contributed by atoms with van der Waals surface area (Å²) in [6, 6.07) is 3.86. The summed E-state index contributed by atoms with van der Waals surface area (Å²) in [6.07, 6.45) is 4.20. The third-order valence-electron chi connectivity index (χ3n) is 3.09. The third kappa shape index (κ3) is 3.40. The molecule has 1 fully saturated rings. The lowest BCUT2D eigenvalue weighted by Gasteiger charge is -2.21. The second-order valence-electron chi connectivity index (χ2n) is 4.26. The number of carbonyl (C=O) groups is 1. The Morgan fingerprint density at radius 3 is 2.81 bits per heavy atom. The second kappa shape index (κ2) is 5.94. The van der Waals surface area contributed by atoms with Gasteiger partial charge in [-0.3, -0.25) is 4.79 Å². The van der Waals surface area contributed by atoms with Crippen molar-refractivity contribution in [1.29, 1.82) is 0 Å². The van der Waals surface area contributed by atoms with Crippen LogP contribution in [-0.2, 0) is 0 Å². The van der Waals surface area contributed by atoms with E-state index in [0.717, 1.165) is 34.1 Å². The number of carbonyl (C=O) groups excluding carboxylic acids is 1. The smallest absolute Gasteiger partial charge is 0.172 e. The van der Waals surface area contributed by atoms with Gasteiger partial charge >= 0.3 is 0 Å². The molecule has 0 unspecified atom stereocenters. The molecule has 88 valence electrons. The molecule has 0 radical (unpaired) electrons. The predicted octanol–water partition coefficient (Wildman–Crippen LogP) is 3.47. The van der Waals surface area contributed by atoms with Crippen LogP contribution in [0.4, 0.5) is 0 Å². The van der Waals surface area contributed by atoms with Crippen LogP contribution >= 0.6 is 27.3 Å². The van der Waals surface area contributed by atoms with E-state index in [2.05, 4.69) is 21.2 Å². The molecule has 0 atom stereocenters. The highest BCUT2D eigenvalue weighted by atomic mass is 79.9. The number of ketones is 1. The minimum Gasteiger partial charge on any atom is -0.317 e. The number of halogens is 1. The molecule has 0 saturated carbocycles. The second-order valence-corrected chi connectivity index (χ2v) is 6.72. The third-order valence-corrected chi connectivity index (χ3v) is 4.75. The number of hydrogen-bond acceptors (Lipinski definition) is 3. The van der Waals surface area contributed by atoms with Crippen molar-refractivity contribution in [2.75, 3.05) is 13.1 Å². The largest absolute Gasteiger partial charge is 0.317 e. The highest BCUT2D eigenvalue weighted by molar-refractivity contribution is 9.11. The summed E-state index contributed by atoms with van der Waals surface area (Å²) < 4.78 is 1.04. The van der Waals surface area contributed by atoms with E-state index >= 15 is 0 Å². The summed E-state index contributed by atoms with van der Waals surface area (Å²) in [7, 11) is 0. The molecule has 0 bridgehead atoms. The van der Waals surface area contributed by atoms with Crippen molar-refractivity contribution in [3.8, 4) is 0 Å². The molecular formula is C12H16BrNOS. The Morgan fingerprint density at radius 1 is 1.44 bits per heavy atom. The highest BCUT2D eigenvalue weighted by Gasteiger charge is 2.15. The van der Waals surface area contributed by atoms with Gasteiger partial charge in [-0.1, -0.05) is 0 Å².